The minimum atomic E-state index is -5.37. The number of aliphatic hydroxyl groups excluding tert-OH is 1. The molecule has 15 nitrogen and oxygen atoms in total. The number of nitriles is 1. The third kappa shape index (κ3) is 13.0. The summed E-state index contributed by atoms with van der Waals surface area (Å²) in [6.07, 6.45) is -12.4. The van der Waals surface area contributed by atoms with Crippen LogP contribution >= 0.6 is 23.6 Å². The van der Waals surface area contributed by atoms with Gasteiger partial charge in [0.15, 0.2) is 23.4 Å². The van der Waals surface area contributed by atoms with Gasteiger partial charge in [0.25, 0.3) is 11.8 Å². The van der Waals surface area contributed by atoms with E-state index in [9.17, 15) is 51.1 Å². The lowest BCUT2D eigenvalue weighted by atomic mass is 9.85. The van der Waals surface area contributed by atoms with E-state index in [1.165, 1.54) is 24.8 Å². The number of aromatic nitrogens is 2. The van der Waals surface area contributed by atoms with Crippen LogP contribution in [0.5, 0.6) is 5.75 Å². The molecule has 3 fully saturated rings. The zero-order chi connectivity index (χ0) is 59.3. The van der Waals surface area contributed by atoms with Gasteiger partial charge in [-0.1, -0.05) is 45.0 Å². The monoisotopic (exact) mass is 1180 g/mol. The lowest BCUT2D eigenvalue weighted by molar-refractivity contribution is -0.142. The maximum Gasteiger partial charge on any atom is 0.420 e. The lowest BCUT2D eigenvalue weighted by Crippen LogP contribution is -2.57. The number of benzene rings is 3. The third-order valence-corrected chi connectivity index (χ3v) is 15.1. The van der Waals surface area contributed by atoms with Crippen LogP contribution in [0, 0.1) is 35.3 Å². The highest BCUT2D eigenvalue weighted by Gasteiger charge is 2.54. The number of nitrogens with one attached hydrogen (secondary N) is 2. The summed E-state index contributed by atoms with van der Waals surface area (Å²) in [6.45, 7) is 6.98. The molecule has 0 saturated carbocycles. The number of halogens is 10. The first-order valence-electron chi connectivity index (χ1n) is 24.9. The van der Waals surface area contributed by atoms with Gasteiger partial charge in [0.2, 0.25) is 11.8 Å². The number of carbonyl (C=O) groups excluding carboxylic acids is 3. The van der Waals surface area contributed by atoms with Crippen LogP contribution in [0.4, 0.5) is 55.3 Å². The highest BCUT2D eigenvalue weighted by Crippen LogP contribution is 2.45. The molecule has 27 heteroatoms. The van der Waals surface area contributed by atoms with Crippen LogP contribution < -0.4 is 25.2 Å². The zero-order valence-corrected chi connectivity index (χ0v) is 45.6. The van der Waals surface area contributed by atoms with Crippen molar-refractivity contribution >= 4 is 57.8 Å². The van der Waals surface area contributed by atoms with E-state index in [0.717, 1.165) is 44.9 Å². The predicted molar refractivity (Wildman–Crippen MR) is 279 cm³/mol. The third-order valence-electron chi connectivity index (χ3n) is 13.8. The van der Waals surface area contributed by atoms with Gasteiger partial charge in [0.05, 0.1) is 69.6 Å². The summed E-state index contributed by atoms with van der Waals surface area (Å²) in [4.78, 5) is 52.9. The molecule has 2 unspecified atom stereocenters. The number of thiocarbonyl (C=S) groups is 1. The topological polar surface area (TPSA) is 186 Å². The summed E-state index contributed by atoms with van der Waals surface area (Å²) in [5.74, 6) is -10.3. The van der Waals surface area contributed by atoms with Gasteiger partial charge in [-0.3, -0.25) is 29.6 Å². The van der Waals surface area contributed by atoms with Gasteiger partial charge in [0.1, 0.15) is 47.5 Å². The maximum absolute atomic E-state index is 16.0. The van der Waals surface area contributed by atoms with E-state index in [1.807, 2.05) is 31.2 Å². The minimum absolute atomic E-state index is 0.0191. The first-order chi connectivity index (χ1) is 37.8. The van der Waals surface area contributed by atoms with Crippen molar-refractivity contribution in [3.8, 4) is 33.5 Å². The molecule has 3 N–H and O–H groups in total. The first-order valence-corrected chi connectivity index (χ1v) is 26.2. The number of β-amino-alcohol motifs (C(OH)–C–C–N with tert-alkyl or cyclic N) is 1. The number of rotatable bonds is 18. The molecule has 0 aliphatic carbocycles. The van der Waals surface area contributed by atoms with Crippen LogP contribution in [0.25, 0.3) is 21.7 Å². The predicted octanol–water partition coefficient (Wildman–Crippen LogP) is 9.71. The van der Waals surface area contributed by atoms with Crippen LogP contribution in [-0.2, 0) is 42.8 Å². The summed E-state index contributed by atoms with van der Waals surface area (Å²) in [5.41, 5.74) is -5.73. The van der Waals surface area contributed by atoms with Gasteiger partial charge in [0, 0.05) is 31.1 Å². The maximum atomic E-state index is 16.0. The number of aliphatic hydroxyl groups is 1. The molecule has 5 aromatic rings. The number of alkyl halides is 8. The van der Waals surface area contributed by atoms with E-state index in [-0.39, 0.29) is 18.7 Å². The van der Waals surface area contributed by atoms with Gasteiger partial charge < -0.3 is 34.4 Å². The molecule has 5 atom stereocenters. The Hall–Kier alpha value is -6.83. The second-order valence-corrected chi connectivity index (χ2v) is 22.3. The van der Waals surface area contributed by atoms with E-state index < -0.39 is 160 Å². The SMILES string of the molecule is Cc1ncsc1-c1ccc(CNC2OC2[C@@H]2C[C@@H](O)CN2C(=O)[C@@H](NC(=O)COCCC(F)(F)COc2ccc(-c3ncc(N4C(=S)N(c5ccc(C#N)c(C(F)(F)F)c5F)C(=O)C4(C)C)cc3F)c(C(F)(F)F)c2)C(C)(C)C)cc1. The number of likely N-dealkylation sites (tertiary alicyclic amines) is 1. The zero-order valence-electron chi connectivity index (χ0n) is 43.9. The number of anilines is 2. The van der Waals surface area contributed by atoms with Gasteiger partial charge in [-0.25, -0.2) is 22.5 Å². The number of pyridine rings is 1. The molecule has 81 heavy (non-hydrogen) atoms. The Bertz CT molecular complexity index is 3270. The Balaban J connectivity index is 0.846. The van der Waals surface area contributed by atoms with Crippen molar-refractivity contribution in [2.45, 2.75) is 115 Å². The minimum Gasteiger partial charge on any atom is -0.487 e. The van der Waals surface area contributed by atoms with Gasteiger partial charge in [-0.05, 0) is 86.3 Å². The van der Waals surface area contributed by atoms with Crippen molar-refractivity contribution < 1.29 is 77.6 Å². The molecule has 3 saturated heterocycles. The van der Waals surface area contributed by atoms with Crippen LogP contribution in [-0.4, -0.2) is 111 Å². The fraction of sp³-hybridized carbons (Fsp3) is 0.426. The molecule has 3 aromatic carbocycles. The molecule has 3 aliphatic rings. The van der Waals surface area contributed by atoms with Crippen LogP contribution in [0.2, 0.25) is 0 Å². The number of carbonyl (C=O) groups is 3. The van der Waals surface area contributed by atoms with E-state index >= 15 is 17.6 Å². The summed E-state index contributed by atoms with van der Waals surface area (Å²) in [7, 11) is 0. The average molecular weight is 1180 g/mol. The normalized spacial score (nSPS) is 19.7. The molecule has 3 aliphatic heterocycles. The molecule has 432 valence electrons. The molecule has 0 spiro atoms. The van der Waals surface area contributed by atoms with Gasteiger partial charge in [-0.2, -0.15) is 31.6 Å². The van der Waals surface area contributed by atoms with Crippen molar-refractivity contribution in [2.24, 2.45) is 5.41 Å². The Morgan fingerprint density at radius 2 is 1.70 bits per heavy atom. The lowest BCUT2D eigenvalue weighted by Gasteiger charge is -2.35. The number of thiazole rings is 1. The van der Waals surface area contributed by atoms with Crippen molar-refractivity contribution in [1.82, 2.24) is 25.5 Å². The van der Waals surface area contributed by atoms with E-state index in [1.54, 1.807) is 37.6 Å². The average Bonchev–Trinajstić information content (AvgIpc) is 4.07. The number of hydrogen-bond acceptors (Lipinski definition) is 13. The fourth-order valence-electron chi connectivity index (χ4n) is 9.58. The quantitative estimate of drug-likeness (QED) is 0.0326. The summed E-state index contributed by atoms with van der Waals surface area (Å²) < 4.78 is 163. The Labute approximate surface area is 466 Å². The number of amides is 3. The van der Waals surface area contributed by atoms with Crippen LogP contribution in [0.1, 0.15) is 75.4 Å². The Morgan fingerprint density at radius 3 is 2.32 bits per heavy atom. The number of nitrogens with zero attached hydrogens (tertiary/aromatic N) is 6. The van der Waals surface area contributed by atoms with E-state index in [0.29, 0.717) is 35.7 Å². The molecule has 2 aromatic heterocycles. The van der Waals surface area contributed by atoms with Gasteiger partial charge in [-0.15, -0.1) is 11.3 Å². The number of hydrogen-bond donors (Lipinski definition) is 3. The van der Waals surface area contributed by atoms with Crippen molar-refractivity contribution in [3.63, 3.8) is 0 Å². The smallest absolute Gasteiger partial charge is 0.420 e. The highest BCUT2D eigenvalue weighted by molar-refractivity contribution is 7.81. The molecule has 5 heterocycles. The summed E-state index contributed by atoms with van der Waals surface area (Å²) in [6, 6.07) is 11.5. The molecule has 8 rings (SSSR count). The Kier molecular flexibility index (Phi) is 17.0. The van der Waals surface area contributed by atoms with Crippen molar-refractivity contribution in [3.05, 3.63) is 112 Å². The van der Waals surface area contributed by atoms with E-state index in [2.05, 4.69) is 20.6 Å². The molecular formula is C54H52F10N8O7S2. The van der Waals surface area contributed by atoms with Crippen LogP contribution in [0.3, 0.4) is 0 Å². The molecular weight excluding hydrogens is 1130 g/mol. The Morgan fingerprint density at radius 1 is 1.00 bits per heavy atom. The number of ether oxygens (including phenoxy) is 3. The van der Waals surface area contributed by atoms with Crippen molar-refractivity contribution in [2.75, 3.05) is 36.2 Å². The van der Waals surface area contributed by atoms with Gasteiger partial charge >= 0.3 is 12.4 Å². The molecule has 0 radical (unpaired) electrons. The van der Waals surface area contributed by atoms with Crippen LogP contribution in [0.15, 0.2) is 72.4 Å². The first kappa shape index (κ1) is 60.3. The van der Waals surface area contributed by atoms with Crippen molar-refractivity contribution in [1.29, 1.82) is 5.26 Å². The standard InChI is InChI=1S/C54H52F10N8O7S2/c1-27-44(81-26-68-27)29-9-7-28(8-10-29)21-67-46-43(79-46)38-18-32(73)23-70(38)47(75)45(50(2,3)4)69-39(74)24-77-16-15-52(57,58)25-78-33-12-13-34(35(19-33)53(59,60)61)42-36(55)17-31(22-66-42)72-49(80)71(48(76)51(72,5)6)37-14-11-30(20-65)40(41(37)56)54(62,63)64/h7-14,17,19,22,26,32,38,43,45-46,67,73H,15-16,18,21,23-25H2,1-6H3,(H,69,74)/t32-,38+,43?,45-,46?/m1/s1. The number of aryl methyl sites for hydroxylation is 1. The molecule has 0 bridgehead atoms. The van der Waals surface area contributed by atoms with E-state index in [4.69, 9.17) is 26.4 Å². The number of epoxide rings is 1. The summed E-state index contributed by atoms with van der Waals surface area (Å²) in [5, 5.41) is 25.1. The highest BCUT2D eigenvalue weighted by atomic mass is 32.1. The summed E-state index contributed by atoms with van der Waals surface area (Å²) >= 11 is 6.90. The molecule has 3 amide bonds. The fourth-order valence-corrected chi connectivity index (χ4v) is 10.9. The second kappa shape index (κ2) is 22.8. The second-order valence-electron chi connectivity index (χ2n) is 21.1. The largest absolute Gasteiger partial charge is 0.487 e.